The molecule has 0 aliphatic carbocycles. The van der Waals surface area contributed by atoms with Gasteiger partial charge in [0.05, 0.1) is 4.90 Å². The van der Waals surface area contributed by atoms with Crippen molar-refractivity contribution in [2.75, 3.05) is 6.26 Å². The second-order valence-corrected chi connectivity index (χ2v) is 7.32. The molecule has 20 heavy (non-hydrogen) atoms. The monoisotopic (exact) mass is 351 g/mol. The van der Waals surface area contributed by atoms with Gasteiger partial charge in [0.25, 0.3) is 0 Å². The van der Waals surface area contributed by atoms with Crippen LogP contribution in [-0.2, 0) is 9.84 Å². The van der Waals surface area contributed by atoms with E-state index in [4.69, 9.17) is 0 Å². The fraction of sp³-hybridized carbons (Fsp3) is 0.0769. The highest BCUT2D eigenvalue weighted by Crippen LogP contribution is 2.22. The number of pyridine rings is 1. The highest BCUT2D eigenvalue weighted by atomic mass is 79.9. The third-order valence-electron chi connectivity index (χ3n) is 2.91. The Hall–Kier alpha value is -1.73. The van der Waals surface area contributed by atoms with Crippen LogP contribution in [0.4, 0.5) is 0 Å². The van der Waals surface area contributed by atoms with E-state index >= 15 is 0 Å². The van der Waals surface area contributed by atoms with Crippen LogP contribution in [0.2, 0.25) is 0 Å². The van der Waals surface area contributed by atoms with Crippen molar-refractivity contribution in [3.8, 4) is 11.4 Å². The first-order valence-electron chi connectivity index (χ1n) is 5.76. The first-order valence-corrected chi connectivity index (χ1v) is 8.44. The Morgan fingerprint density at radius 2 is 1.80 bits per heavy atom. The van der Waals surface area contributed by atoms with Crippen LogP contribution in [-0.4, -0.2) is 29.3 Å². The van der Waals surface area contributed by atoms with E-state index < -0.39 is 9.84 Å². The normalized spacial score (nSPS) is 11.9. The molecule has 0 bridgehead atoms. The molecule has 3 aromatic rings. The van der Waals surface area contributed by atoms with Crippen molar-refractivity contribution in [1.29, 1.82) is 0 Å². The van der Waals surface area contributed by atoms with Gasteiger partial charge in [0.2, 0.25) is 0 Å². The summed E-state index contributed by atoms with van der Waals surface area (Å²) in [7, 11) is -3.19. The number of sulfone groups is 1. The summed E-state index contributed by atoms with van der Waals surface area (Å²) in [4.78, 5) is 0.290. The zero-order chi connectivity index (χ0) is 14.3. The number of nitrogens with zero attached hydrogens (tertiary/aromatic N) is 3. The molecular weight excluding hydrogens is 342 g/mol. The standard InChI is InChI=1S/C13H10BrN3O2S/c1-20(18,19)11-4-2-9(3-5-11)13-16-15-12-8-10(14)6-7-17(12)13/h2-8H,1H3. The predicted octanol–water partition coefficient (Wildman–Crippen LogP) is 2.56. The Balaban J connectivity index is 2.12. The lowest BCUT2D eigenvalue weighted by Crippen LogP contribution is -1.97. The van der Waals surface area contributed by atoms with Gasteiger partial charge in [-0.25, -0.2) is 8.42 Å². The molecule has 1 aromatic carbocycles. The van der Waals surface area contributed by atoms with Crippen LogP contribution in [0, 0.1) is 0 Å². The molecule has 2 heterocycles. The lowest BCUT2D eigenvalue weighted by atomic mass is 10.2. The van der Waals surface area contributed by atoms with Crippen LogP contribution in [0.25, 0.3) is 17.0 Å². The Bertz CT molecular complexity index is 886. The van der Waals surface area contributed by atoms with E-state index in [1.807, 2.05) is 22.7 Å². The van der Waals surface area contributed by atoms with Crippen molar-refractivity contribution >= 4 is 31.4 Å². The number of hydrogen-bond donors (Lipinski definition) is 0. The van der Waals surface area contributed by atoms with Gasteiger partial charge in [0.15, 0.2) is 21.3 Å². The Kier molecular flexibility index (Phi) is 3.10. The summed E-state index contributed by atoms with van der Waals surface area (Å²) in [6.07, 6.45) is 3.05. The van der Waals surface area contributed by atoms with E-state index in [2.05, 4.69) is 26.1 Å². The van der Waals surface area contributed by atoms with Gasteiger partial charge in [-0.05, 0) is 36.4 Å². The number of fused-ring (bicyclic) bond motifs is 1. The third-order valence-corrected chi connectivity index (χ3v) is 4.53. The lowest BCUT2D eigenvalue weighted by Gasteiger charge is -2.02. The topological polar surface area (TPSA) is 64.3 Å². The maximum Gasteiger partial charge on any atom is 0.175 e. The largest absolute Gasteiger partial charge is 0.282 e. The average Bonchev–Trinajstić information content (AvgIpc) is 2.80. The predicted molar refractivity (Wildman–Crippen MR) is 79.2 cm³/mol. The average molecular weight is 352 g/mol. The van der Waals surface area contributed by atoms with Crippen molar-refractivity contribution < 1.29 is 8.42 Å². The van der Waals surface area contributed by atoms with Crippen LogP contribution in [0.15, 0.2) is 52.0 Å². The van der Waals surface area contributed by atoms with Gasteiger partial charge in [-0.3, -0.25) is 4.40 Å². The molecule has 0 saturated carbocycles. The van der Waals surface area contributed by atoms with Gasteiger partial charge >= 0.3 is 0 Å². The molecule has 0 aliphatic heterocycles. The Morgan fingerprint density at radius 3 is 2.45 bits per heavy atom. The van der Waals surface area contributed by atoms with Gasteiger partial charge in [0, 0.05) is 22.5 Å². The van der Waals surface area contributed by atoms with Crippen LogP contribution in [0.1, 0.15) is 0 Å². The van der Waals surface area contributed by atoms with Crippen LogP contribution < -0.4 is 0 Å². The van der Waals surface area contributed by atoms with Gasteiger partial charge in [0.1, 0.15) is 0 Å². The van der Waals surface area contributed by atoms with Crippen LogP contribution >= 0.6 is 15.9 Å². The molecule has 7 heteroatoms. The van der Waals surface area contributed by atoms with Crippen LogP contribution in [0.5, 0.6) is 0 Å². The molecule has 0 atom stereocenters. The smallest absolute Gasteiger partial charge is 0.175 e. The molecule has 0 saturated heterocycles. The summed E-state index contributed by atoms with van der Waals surface area (Å²) in [6, 6.07) is 10.4. The molecular formula is C13H10BrN3O2S. The van der Waals surface area contributed by atoms with Crippen molar-refractivity contribution in [2.24, 2.45) is 0 Å². The molecule has 5 nitrogen and oxygen atoms in total. The van der Waals surface area contributed by atoms with Gasteiger partial charge < -0.3 is 0 Å². The van der Waals surface area contributed by atoms with Crippen LogP contribution in [0.3, 0.4) is 0 Å². The first-order chi connectivity index (χ1) is 9.45. The summed E-state index contributed by atoms with van der Waals surface area (Å²) in [6.45, 7) is 0. The summed E-state index contributed by atoms with van der Waals surface area (Å²) in [5, 5.41) is 8.23. The number of rotatable bonds is 2. The number of benzene rings is 1. The van der Waals surface area contributed by atoms with Crippen molar-refractivity contribution in [3.05, 3.63) is 47.1 Å². The molecule has 3 rings (SSSR count). The van der Waals surface area contributed by atoms with E-state index in [9.17, 15) is 8.42 Å². The minimum atomic E-state index is -3.19. The van der Waals surface area contributed by atoms with E-state index in [1.165, 1.54) is 6.26 Å². The second kappa shape index (κ2) is 4.68. The summed E-state index contributed by atoms with van der Waals surface area (Å²) < 4.78 is 25.7. The van der Waals surface area contributed by atoms with E-state index in [1.54, 1.807) is 24.3 Å². The summed E-state index contributed by atoms with van der Waals surface area (Å²) in [5.41, 5.74) is 1.54. The first kappa shape index (κ1) is 13.3. The molecule has 0 radical (unpaired) electrons. The molecule has 0 fully saturated rings. The zero-order valence-electron chi connectivity index (χ0n) is 10.5. The quantitative estimate of drug-likeness (QED) is 0.711. The second-order valence-electron chi connectivity index (χ2n) is 4.39. The Morgan fingerprint density at radius 1 is 1.10 bits per heavy atom. The minimum Gasteiger partial charge on any atom is -0.282 e. The van der Waals surface area contributed by atoms with E-state index in [0.29, 0.717) is 5.82 Å². The van der Waals surface area contributed by atoms with E-state index in [-0.39, 0.29) is 4.90 Å². The van der Waals surface area contributed by atoms with Crippen molar-refractivity contribution in [3.63, 3.8) is 0 Å². The highest BCUT2D eigenvalue weighted by Gasteiger charge is 2.10. The van der Waals surface area contributed by atoms with E-state index in [0.717, 1.165) is 15.7 Å². The molecule has 0 amide bonds. The molecule has 0 N–H and O–H groups in total. The molecule has 0 aliphatic rings. The SMILES string of the molecule is CS(=O)(=O)c1ccc(-c2nnc3cc(Br)ccn23)cc1. The fourth-order valence-corrected chi connectivity index (χ4v) is 2.87. The molecule has 2 aromatic heterocycles. The molecule has 0 unspecified atom stereocenters. The highest BCUT2D eigenvalue weighted by molar-refractivity contribution is 9.10. The lowest BCUT2D eigenvalue weighted by molar-refractivity contribution is 0.602. The summed E-state index contributed by atoms with van der Waals surface area (Å²) in [5.74, 6) is 0.674. The van der Waals surface area contributed by atoms with Crippen molar-refractivity contribution in [1.82, 2.24) is 14.6 Å². The minimum absolute atomic E-state index is 0.290. The summed E-state index contributed by atoms with van der Waals surface area (Å²) >= 11 is 3.38. The van der Waals surface area contributed by atoms with Gasteiger partial charge in [-0.1, -0.05) is 15.9 Å². The molecule has 0 spiro atoms. The van der Waals surface area contributed by atoms with Gasteiger partial charge in [-0.15, -0.1) is 10.2 Å². The maximum absolute atomic E-state index is 11.4. The van der Waals surface area contributed by atoms with Gasteiger partial charge in [-0.2, -0.15) is 0 Å². The number of aromatic nitrogens is 3. The number of hydrogen-bond acceptors (Lipinski definition) is 4. The number of halogens is 1. The maximum atomic E-state index is 11.4. The molecule has 102 valence electrons. The zero-order valence-corrected chi connectivity index (χ0v) is 12.9. The fourth-order valence-electron chi connectivity index (χ4n) is 1.91. The van der Waals surface area contributed by atoms with Crippen molar-refractivity contribution in [2.45, 2.75) is 4.90 Å². The Labute approximate surface area is 124 Å². The third kappa shape index (κ3) is 2.34.